The molecule has 0 bridgehead atoms. The summed E-state index contributed by atoms with van der Waals surface area (Å²) >= 11 is 12.1. The Morgan fingerprint density at radius 2 is 1.64 bits per heavy atom. The van der Waals surface area contributed by atoms with Crippen LogP contribution in [0.15, 0.2) is 71.6 Å². The number of anilines is 1. The number of nitrogens with one attached hydrogen (secondary N) is 1. The molecule has 144 valence electrons. The number of aliphatic hydroxyl groups is 1. The van der Waals surface area contributed by atoms with Gasteiger partial charge < -0.3 is 5.11 Å². The lowest BCUT2D eigenvalue weighted by molar-refractivity contribution is 0.151. The van der Waals surface area contributed by atoms with E-state index < -0.39 is 15.6 Å². The van der Waals surface area contributed by atoms with Crippen molar-refractivity contribution >= 4 is 38.9 Å². The topological polar surface area (TPSA) is 66.4 Å². The number of hydrogen-bond donors (Lipinski definition) is 2. The molecule has 4 nitrogen and oxygen atoms in total. The SMILES string of the molecule is O=S(=O)(Nc1cccc(C2(O)CC2)c1)c1ccc(-c2ccc(Cl)cc2Cl)cc1. The second kappa shape index (κ2) is 7.08. The van der Waals surface area contributed by atoms with Gasteiger partial charge in [-0.1, -0.05) is 53.5 Å². The molecule has 0 heterocycles. The smallest absolute Gasteiger partial charge is 0.261 e. The van der Waals surface area contributed by atoms with Gasteiger partial charge in [0.05, 0.1) is 10.5 Å². The molecule has 0 aromatic heterocycles. The Balaban J connectivity index is 1.58. The molecule has 28 heavy (non-hydrogen) atoms. The van der Waals surface area contributed by atoms with Gasteiger partial charge in [-0.3, -0.25) is 4.72 Å². The average Bonchev–Trinajstić information content (AvgIpc) is 3.41. The molecule has 1 aliphatic rings. The Hall–Kier alpha value is -2.05. The third kappa shape index (κ3) is 3.89. The van der Waals surface area contributed by atoms with Gasteiger partial charge in [0.15, 0.2) is 0 Å². The van der Waals surface area contributed by atoms with E-state index in [2.05, 4.69) is 4.72 Å². The maximum absolute atomic E-state index is 12.7. The largest absolute Gasteiger partial charge is 0.385 e. The highest BCUT2D eigenvalue weighted by Crippen LogP contribution is 2.45. The van der Waals surface area contributed by atoms with Crippen molar-refractivity contribution in [2.75, 3.05) is 4.72 Å². The van der Waals surface area contributed by atoms with Gasteiger partial charge in [0.2, 0.25) is 0 Å². The Bertz CT molecular complexity index is 1140. The lowest BCUT2D eigenvalue weighted by atomic mass is 10.1. The lowest BCUT2D eigenvalue weighted by Crippen LogP contribution is -2.13. The number of benzene rings is 3. The molecule has 0 radical (unpaired) electrons. The van der Waals surface area contributed by atoms with Crippen LogP contribution in [-0.2, 0) is 15.6 Å². The van der Waals surface area contributed by atoms with E-state index in [1.165, 1.54) is 12.1 Å². The fourth-order valence-electron chi connectivity index (χ4n) is 3.03. The minimum atomic E-state index is -3.76. The quantitative estimate of drug-likeness (QED) is 0.562. The molecule has 1 fully saturated rings. The van der Waals surface area contributed by atoms with Crippen LogP contribution < -0.4 is 4.72 Å². The van der Waals surface area contributed by atoms with E-state index in [0.29, 0.717) is 28.6 Å². The monoisotopic (exact) mass is 433 g/mol. The third-order valence-electron chi connectivity index (χ3n) is 4.78. The molecule has 0 unspecified atom stereocenters. The molecular formula is C21H17Cl2NO3S. The van der Waals surface area contributed by atoms with E-state index in [1.54, 1.807) is 54.6 Å². The molecule has 1 saturated carbocycles. The lowest BCUT2D eigenvalue weighted by Gasteiger charge is -2.13. The molecule has 0 atom stereocenters. The Kier molecular flexibility index (Phi) is 4.88. The molecule has 3 aromatic carbocycles. The number of halogens is 2. The first-order valence-corrected chi connectivity index (χ1v) is 10.9. The third-order valence-corrected chi connectivity index (χ3v) is 6.73. The highest BCUT2D eigenvalue weighted by Gasteiger charge is 2.42. The van der Waals surface area contributed by atoms with Crippen molar-refractivity contribution in [3.8, 4) is 11.1 Å². The fourth-order valence-corrected chi connectivity index (χ4v) is 4.60. The second-order valence-corrected chi connectivity index (χ2v) is 9.39. The van der Waals surface area contributed by atoms with E-state index in [4.69, 9.17) is 23.2 Å². The molecule has 0 amide bonds. The van der Waals surface area contributed by atoms with Gasteiger partial charge in [0.25, 0.3) is 10.0 Å². The minimum absolute atomic E-state index is 0.136. The predicted octanol–water partition coefficient (Wildman–Crippen LogP) is 5.44. The summed E-state index contributed by atoms with van der Waals surface area (Å²) in [6.07, 6.45) is 1.38. The van der Waals surface area contributed by atoms with E-state index in [0.717, 1.165) is 16.7 Å². The summed E-state index contributed by atoms with van der Waals surface area (Å²) in [5.74, 6) is 0. The summed E-state index contributed by atoms with van der Waals surface area (Å²) in [4.78, 5) is 0.136. The summed E-state index contributed by atoms with van der Waals surface area (Å²) in [6, 6.07) is 18.5. The van der Waals surface area contributed by atoms with Crippen molar-refractivity contribution < 1.29 is 13.5 Å². The molecule has 0 saturated heterocycles. The van der Waals surface area contributed by atoms with Crippen LogP contribution in [0.3, 0.4) is 0 Å². The van der Waals surface area contributed by atoms with Crippen LogP contribution in [-0.4, -0.2) is 13.5 Å². The first-order valence-electron chi connectivity index (χ1n) is 8.68. The van der Waals surface area contributed by atoms with E-state index >= 15 is 0 Å². The van der Waals surface area contributed by atoms with Crippen molar-refractivity contribution in [3.63, 3.8) is 0 Å². The molecular weight excluding hydrogens is 417 g/mol. The van der Waals surface area contributed by atoms with E-state index in [1.807, 2.05) is 0 Å². The summed E-state index contributed by atoms with van der Waals surface area (Å²) in [6.45, 7) is 0. The zero-order valence-electron chi connectivity index (χ0n) is 14.7. The van der Waals surface area contributed by atoms with Gasteiger partial charge in [-0.15, -0.1) is 0 Å². The molecule has 0 aliphatic heterocycles. The maximum Gasteiger partial charge on any atom is 0.261 e. The van der Waals surface area contributed by atoms with Crippen molar-refractivity contribution in [1.29, 1.82) is 0 Å². The highest BCUT2D eigenvalue weighted by molar-refractivity contribution is 7.92. The normalized spacial score (nSPS) is 15.2. The Morgan fingerprint density at radius 3 is 2.29 bits per heavy atom. The molecule has 4 rings (SSSR count). The molecule has 3 aromatic rings. The highest BCUT2D eigenvalue weighted by atomic mass is 35.5. The van der Waals surface area contributed by atoms with Gasteiger partial charge in [-0.2, -0.15) is 0 Å². The summed E-state index contributed by atoms with van der Waals surface area (Å²) in [7, 11) is -3.76. The zero-order chi connectivity index (χ0) is 19.9. The van der Waals surface area contributed by atoms with Crippen LogP contribution in [0.4, 0.5) is 5.69 Å². The second-order valence-electron chi connectivity index (χ2n) is 6.87. The standard InChI is InChI=1S/C21H17Cl2NO3S/c22-16-6-9-19(20(23)13-16)14-4-7-18(8-5-14)28(26,27)24-17-3-1-2-15(12-17)21(25)10-11-21/h1-9,12-13,24-25H,10-11H2. The fraction of sp³-hybridized carbons (Fsp3) is 0.143. The minimum Gasteiger partial charge on any atom is -0.385 e. The molecule has 7 heteroatoms. The maximum atomic E-state index is 12.7. The molecule has 2 N–H and O–H groups in total. The van der Waals surface area contributed by atoms with Crippen LogP contribution in [0.1, 0.15) is 18.4 Å². The first-order chi connectivity index (χ1) is 13.3. The van der Waals surface area contributed by atoms with Crippen molar-refractivity contribution in [3.05, 3.63) is 82.3 Å². The number of rotatable bonds is 5. The van der Waals surface area contributed by atoms with Crippen LogP contribution in [0.25, 0.3) is 11.1 Å². The van der Waals surface area contributed by atoms with Crippen molar-refractivity contribution in [2.45, 2.75) is 23.3 Å². The van der Waals surface area contributed by atoms with Gasteiger partial charge >= 0.3 is 0 Å². The summed E-state index contributed by atoms with van der Waals surface area (Å²) < 4.78 is 28.0. The predicted molar refractivity (Wildman–Crippen MR) is 112 cm³/mol. The van der Waals surface area contributed by atoms with Gasteiger partial charge in [0.1, 0.15) is 0 Å². The zero-order valence-corrected chi connectivity index (χ0v) is 17.0. The first kappa shape index (κ1) is 19.3. The number of sulfonamides is 1. The van der Waals surface area contributed by atoms with Crippen molar-refractivity contribution in [2.24, 2.45) is 0 Å². The van der Waals surface area contributed by atoms with E-state index in [-0.39, 0.29) is 4.90 Å². The van der Waals surface area contributed by atoms with Crippen molar-refractivity contribution in [1.82, 2.24) is 0 Å². The van der Waals surface area contributed by atoms with Gasteiger partial charge in [-0.05, 0) is 60.4 Å². The summed E-state index contributed by atoms with van der Waals surface area (Å²) in [5.41, 5.74) is 1.89. The van der Waals surface area contributed by atoms with Crippen LogP contribution in [0.5, 0.6) is 0 Å². The van der Waals surface area contributed by atoms with Crippen LogP contribution in [0, 0.1) is 0 Å². The van der Waals surface area contributed by atoms with Crippen LogP contribution >= 0.6 is 23.2 Å². The average molecular weight is 434 g/mol. The van der Waals surface area contributed by atoms with Crippen LogP contribution in [0.2, 0.25) is 10.0 Å². The van der Waals surface area contributed by atoms with Gasteiger partial charge in [0, 0.05) is 21.3 Å². The Labute approximate surface area is 173 Å². The Morgan fingerprint density at radius 1 is 0.929 bits per heavy atom. The summed E-state index contributed by atoms with van der Waals surface area (Å²) in [5, 5.41) is 11.3. The van der Waals surface area contributed by atoms with Gasteiger partial charge in [-0.25, -0.2) is 8.42 Å². The van der Waals surface area contributed by atoms with E-state index in [9.17, 15) is 13.5 Å². The molecule has 0 spiro atoms. The molecule has 1 aliphatic carbocycles. The number of hydrogen-bond acceptors (Lipinski definition) is 3.